The zero-order valence-electron chi connectivity index (χ0n) is 17.4. The van der Waals surface area contributed by atoms with Crippen molar-refractivity contribution in [3.05, 3.63) is 122 Å². The molecule has 2 aromatic carbocycles. The number of carbonyl (C=O) groups excluding carboxylic acids is 1. The van der Waals surface area contributed by atoms with Gasteiger partial charge in [0, 0.05) is 11.8 Å². The zero-order valence-corrected chi connectivity index (χ0v) is 18.2. The summed E-state index contributed by atoms with van der Waals surface area (Å²) in [5, 5.41) is 0.136. The standard InChI is InChI=1S/C24H20ClN5O3/c25-19-13-18(11-12-27-19)23(32)29(14-16-7-3-1-4-8-16)20-21(26)30(24(33)28-22(20)31)15-17-9-5-2-6-10-17/h1-13H,14-15,26H2,(H,28,31,33). The maximum absolute atomic E-state index is 13.5. The molecule has 0 radical (unpaired) electrons. The van der Waals surface area contributed by atoms with Crippen molar-refractivity contribution in [3.63, 3.8) is 0 Å². The number of aromatic amines is 1. The minimum Gasteiger partial charge on any atom is -0.383 e. The monoisotopic (exact) mass is 461 g/mol. The van der Waals surface area contributed by atoms with Gasteiger partial charge in [0.2, 0.25) is 0 Å². The summed E-state index contributed by atoms with van der Waals surface area (Å²) in [6.45, 7) is 0.181. The number of aromatic nitrogens is 3. The molecular formula is C24H20ClN5O3. The van der Waals surface area contributed by atoms with Crippen molar-refractivity contribution in [2.45, 2.75) is 13.1 Å². The Balaban J connectivity index is 1.85. The van der Waals surface area contributed by atoms with Crippen molar-refractivity contribution < 1.29 is 4.79 Å². The molecule has 8 nitrogen and oxygen atoms in total. The summed E-state index contributed by atoms with van der Waals surface area (Å²) in [7, 11) is 0. The molecule has 0 saturated heterocycles. The van der Waals surface area contributed by atoms with Gasteiger partial charge in [-0.15, -0.1) is 0 Å². The maximum Gasteiger partial charge on any atom is 0.330 e. The first-order valence-corrected chi connectivity index (χ1v) is 10.5. The molecular weight excluding hydrogens is 442 g/mol. The average molecular weight is 462 g/mol. The van der Waals surface area contributed by atoms with Crippen LogP contribution in [-0.2, 0) is 13.1 Å². The number of hydrogen-bond acceptors (Lipinski definition) is 5. The number of H-pyrrole nitrogens is 1. The summed E-state index contributed by atoms with van der Waals surface area (Å²) in [6.07, 6.45) is 1.40. The number of pyridine rings is 1. The van der Waals surface area contributed by atoms with E-state index in [-0.39, 0.29) is 35.3 Å². The van der Waals surface area contributed by atoms with Crippen molar-refractivity contribution in [1.82, 2.24) is 14.5 Å². The van der Waals surface area contributed by atoms with Crippen LogP contribution < -0.4 is 21.9 Å². The largest absolute Gasteiger partial charge is 0.383 e. The first kappa shape index (κ1) is 22.0. The molecule has 9 heteroatoms. The summed E-state index contributed by atoms with van der Waals surface area (Å²) in [5.41, 5.74) is 6.61. The predicted molar refractivity (Wildman–Crippen MR) is 127 cm³/mol. The molecule has 0 aliphatic rings. The SMILES string of the molecule is Nc1c(N(Cc2ccccc2)C(=O)c2ccnc(Cl)c2)c(=O)[nH]c(=O)n1Cc1ccccc1. The quantitative estimate of drug-likeness (QED) is 0.428. The Labute approximate surface area is 193 Å². The number of amides is 1. The number of halogens is 1. The Morgan fingerprint density at radius 2 is 1.64 bits per heavy atom. The number of anilines is 2. The van der Waals surface area contributed by atoms with Crippen LogP contribution in [0.5, 0.6) is 0 Å². The maximum atomic E-state index is 13.5. The Kier molecular flexibility index (Phi) is 6.37. The molecule has 0 aliphatic heterocycles. The van der Waals surface area contributed by atoms with E-state index in [1.807, 2.05) is 60.7 Å². The molecule has 1 amide bonds. The third-order valence-electron chi connectivity index (χ3n) is 5.07. The smallest absolute Gasteiger partial charge is 0.330 e. The summed E-state index contributed by atoms with van der Waals surface area (Å²) in [5.74, 6) is -0.623. The Morgan fingerprint density at radius 3 is 2.27 bits per heavy atom. The van der Waals surface area contributed by atoms with E-state index in [0.29, 0.717) is 0 Å². The molecule has 0 saturated carbocycles. The van der Waals surface area contributed by atoms with Gasteiger partial charge in [0.15, 0.2) is 5.69 Å². The second-order valence-corrected chi connectivity index (χ2v) is 7.70. The van der Waals surface area contributed by atoms with Crippen LogP contribution in [0.1, 0.15) is 21.5 Å². The molecule has 2 aromatic heterocycles. The van der Waals surface area contributed by atoms with E-state index < -0.39 is 17.2 Å². The predicted octanol–water partition coefficient (Wildman–Crippen LogP) is 3.06. The van der Waals surface area contributed by atoms with Gasteiger partial charge in [-0.25, -0.2) is 9.78 Å². The molecule has 4 aromatic rings. The van der Waals surface area contributed by atoms with Gasteiger partial charge >= 0.3 is 5.69 Å². The fourth-order valence-electron chi connectivity index (χ4n) is 3.47. The molecule has 0 atom stereocenters. The number of nitrogens with two attached hydrogens (primary N) is 1. The van der Waals surface area contributed by atoms with Crippen molar-refractivity contribution in [2.75, 3.05) is 10.6 Å². The van der Waals surface area contributed by atoms with E-state index in [4.69, 9.17) is 17.3 Å². The van der Waals surface area contributed by atoms with E-state index in [2.05, 4.69) is 9.97 Å². The van der Waals surface area contributed by atoms with Gasteiger partial charge in [0.05, 0.1) is 13.1 Å². The lowest BCUT2D eigenvalue weighted by Gasteiger charge is -2.25. The van der Waals surface area contributed by atoms with Crippen LogP contribution in [0.25, 0.3) is 0 Å². The Morgan fingerprint density at radius 1 is 1.00 bits per heavy atom. The lowest BCUT2D eigenvalue weighted by Crippen LogP contribution is -2.41. The number of benzene rings is 2. The van der Waals surface area contributed by atoms with Gasteiger partial charge < -0.3 is 5.73 Å². The summed E-state index contributed by atoms with van der Waals surface area (Å²) in [4.78, 5) is 46.4. The minimum absolute atomic E-state index is 0.0520. The van der Waals surface area contributed by atoms with Crippen LogP contribution in [0.3, 0.4) is 0 Å². The van der Waals surface area contributed by atoms with Crippen LogP contribution in [-0.4, -0.2) is 20.4 Å². The summed E-state index contributed by atoms with van der Waals surface area (Å²) >= 11 is 5.98. The normalized spacial score (nSPS) is 10.7. The van der Waals surface area contributed by atoms with Gasteiger partial charge in [-0.2, -0.15) is 0 Å². The Hall–Kier alpha value is -4.17. The zero-order chi connectivity index (χ0) is 23.4. The van der Waals surface area contributed by atoms with Crippen LogP contribution >= 0.6 is 11.6 Å². The lowest BCUT2D eigenvalue weighted by atomic mass is 10.1. The highest BCUT2D eigenvalue weighted by molar-refractivity contribution is 6.29. The van der Waals surface area contributed by atoms with Crippen LogP contribution in [0.15, 0.2) is 88.6 Å². The van der Waals surface area contributed by atoms with Crippen molar-refractivity contribution >= 4 is 29.0 Å². The number of nitrogen functional groups attached to an aromatic ring is 1. The summed E-state index contributed by atoms with van der Waals surface area (Å²) in [6, 6.07) is 21.2. The van der Waals surface area contributed by atoms with Crippen LogP contribution in [0.4, 0.5) is 11.5 Å². The topological polar surface area (TPSA) is 114 Å². The molecule has 3 N–H and O–H groups in total. The number of nitrogens with one attached hydrogen (secondary N) is 1. The lowest BCUT2D eigenvalue weighted by molar-refractivity contribution is 0.0984. The van der Waals surface area contributed by atoms with Crippen molar-refractivity contribution in [2.24, 2.45) is 0 Å². The molecule has 0 unspecified atom stereocenters. The Bertz CT molecular complexity index is 1400. The van der Waals surface area contributed by atoms with E-state index in [9.17, 15) is 14.4 Å². The van der Waals surface area contributed by atoms with Gasteiger partial charge in [-0.05, 0) is 23.3 Å². The molecule has 166 valence electrons. The first-order chi connectivity index (χ1) is 15.9. The first-order valence-electron chi connectivity index (χ1n) is 10.1. The number of rotatable bonds is 6. The van der Waals surface area contributed by atoms with Crippen molar-refractivity contribution in [3.8, 4) is 0 Å². The fourth-order valence-corrected chi connectivity index (χ4v) is 3.64. The van der Waals surface area contributed by atoms with Gasteiger partial charge in [0.1, 0.15) is 11.0 Å². The van der Waals surface area contributed by atoms with E-state index in [1.165, 1.54) is 27.8 Å². The molecule has 0 aliphatic carbocycles. The molecule has 4 rings (SSSR count). The second kappa shape index (κ2) is 9.54. The van der Waals surface area contributed by atoms with Crippen LogP contribution in [0.2, 0.25) is 5.15 Å². The number of nitrogens with zero attached hydrogens (tertiary/aromatic N) is 3. The molecule has 0 fully saturated rings. The summed E-state index contributed by atoms with van der Waals surface area (Å²) < 4.78 is 1.23. The number of carbonyl (C=O) groups is 1. The highest BCUT2D eigenvalue weighted by Gasteiger charge is 2.26. The van der Waals surface area contributed by atoms with E-state index >= 15 is 0 Å². The van der Waals surface area contributed by atoms with Crippen molar-refractivity contribution in [1.29, 1.82) is 0 Å². The van der Waals surface area contributed by atoms with Gasteiger partial charge in [0.25, 0.3) is 11.5 Å². The molecule has 2 heterocycles. The van der Waals surface area contributed by atoms with Gasteiger partial charge in [-0.3, -0.25) is 24.0 Å². The van der Waals surface area contributed by atoms with E-state index in [0.717, 1.165) is 11.1 Å². The fraction of sp³-hybridized carbons (Fsp3) is 0.0833. The highest BCUT2D eigenvalue weighted by atomic mass is 35.5. The molecule has 0 spiro atoms. The third-order valence-corrected chi connectivity index (χ3v) is 5.28. The third kappa shape index (κ3) is 4.86. The minimum atomic E-state index is -0.758. The molecule has 0 bridgehead atoms. The number of hydrogen-bond donors (Lipinski definition) is 2. The highest BCUT2D eigenvalue weighted by Crippen LogP contribution is 2.23. The molecule has 33 heavy (non-hydrogen) atoms. The van der Waals surface area contributed by atoms with Gasteiger partial charge in [-0.1, -0.05) is 72.3 Å². The average Bonchev–Trinajstić information content (AvgIpc) is 2.82. The van der Waals surface area contributed by atoms with Crippen LogP contribution in [0, 0.1) is 0 Å². The van der Waals surface area contributed by atoms with E-state index in [1.54, 1.807) is 0 Å². The second-order valence-electron chi connectivity index (χ2n) is 7.31.